The Labute approximate surface area is 46.8 Å². The average Bonchev–Trinajstić information content (AvgIpc) is 0.811. The van der Waals surface area contributed by atoms with Crippen LogP contribution in [-0.4, -0.2) is 4.89 Å². The van der Waals surface area contributed by atoms with Crippen molar-refractivity contribution in [1.29, 1.82) is 0 Å². The van der Waals surface area contributed by atoms with Crippen LogP contribution in [0.25, 0.3) is 0 Å². The fraction of sp³-hybridized carbons (Fsp3) is 0. The second kappa shape index (κ2) is 2.82. The lowest BCUT2D eigenvalue weighted by Crippen LogP contribution is -1.20. The van der Waals surface area contributed by atoms with Crippen LogP contribution in [0.5, 0.6) is 0 Å². The molecule has 26 valence electrons. The SMILES string of the molecule is OP(Br)I. The summed E-state index contributed by atoms with van der Waals surface area (Å²) in [6.07, 6.45) is 0. The summed E-state index contributed by atoms with van der Waals surface area (Å²) < 4.78 is -0.838. The van der Waals surface area contributed by atoms with Gasteiger partial charge in [-0.15, -0.1) is 0 Å². The van der Waals surface area contributed by atoms with Crippen LogP contribution in [-0.2, 0) is 0 Å². The van der Waals surface area contributed by atoms with Gasteiger partial charge in [0.2, 0.25) is 0 Å². The summed E-state index contributed by atoms with van der Waals surface area (Å²) in [5.74, 6) is 0. The van der Waals surface area contributed by atoms with Crippen molar-refractivity contribution < 1.29 is 4.89 Å². The van der Waals surface area contributed by atoms with Crippen molar-refractivity contribution in [2.24, 2.45) is 0 Å². The Balaban J connectivity index is 2.32. The molecule has 0 bridgehead atoms. The van der Waals surface area contributed by atoms with Gasteiger partial charge in [0.05, 0.1) is 0 Å². The molecule has 1 N–H and O–H groups in total. The molecule has 0 spiro atoms. The van der Waals surface area contributed by atoms with Gasteiger partial charge in [0, 0.05) is 0 Å². The summed E-state index contributed by atoms with van der Waals surface area (Å²) in [4.78, 5) is 8.02. The van der Waals surface area contributed by atoms with Crippen LogP contribution in [0.1, 0.15) is 0 Å². The van der Waals surface area contributed by atoms with Gasteiger partial charge in [0.1, 0.15) is 0 Å². The van der Waals surface area contributed by atoms with Gasteiger partial charge in [-0.25, -0.2) is 0 Å². The van der Waals surface area contributed by atoms with Gasteiger partial charge in [0.15, 0.2) is 4.49 Å². The molecular formula is HBrIOP. The third kappa shape index (κ3) is 9.51. The molecule has 0 saturated heterocycles. The smallest absolute Gasteiger partial charge is 0.162 e. The summed E-state index contributed by atoms with van der Waals surface area (Å²) in [7, 11) is 0. The fourth-order valence-corrected chi connectivity index (χ4v) is 0. The quantitative estimate of drug-likeness (QED) is 0.518. The maximum atomic E-state index is 8.02. The highest BCUT2D eigenvalue weighted by molar-refractivity contribution is 14.2. The Kier molecular flexibility index (Phi) is 3.94. The van der Waals surface area contributed by atoms with Gasteiger partial charge in [-0.1, -0.05) is 0 Å². The molecule has 1 unspecified atom stereocenters. The van der Waals surface area contributed by atoms with E-state index in [1.54, 1.807) is 0 Å². The van der Waals surface area contributed by atoms with Crippen LogP contribution in [0.2, 0.25) is 0 Å². The lowest BCUT2D eigenvalue weighted by atomic mass is 15.9. The maximum absolute atomic E-state index is 8.02. The molecule has 0 heterocycles. The van der Waals surface area contributed by atoms with Gasteiger partial charge >= 0.3 is 0 Å². The first-order valence-electron chi connectivity index (χ1n) is 0.538. The Bertz CT molecular complexity index is 12.8. The molecule has 0 fully saturated rings. The van der Waals surface area contributed by atoms with E-state index in [0.29, 0.717) is 0 Å². The Morgan fingerprint density at radius 2 is 2.00 bits per heavy atom. The van der Waals surface area contributed by atoms with Crippen LogP contribution < -0.4 is 0 Å². The van der Waals surface area contributed by atoms with Gasteiger partial charge in [-0.2, -0.15) is 0 Å². The third-order valence-electron chi connectivity index (χ3n) is 0. The zero-order valence-corrected chi connectivity index (χ0v) is 6.29. The molecule has 1 nitrogen and oxygen atoms in total. The largest absolute Gasteiger partial charge is 0.355 e. The van der Waals surface area contributed by atoms with Gasteiger partial charge in [-0.05, 0) is 37.5 Å². The molecule has 1 atom stereocenters. The molecule has 0 aliphatic heterocycles. The first kappa shape index (κ1) is 5.60. The lowest BCUT2D eigenvalue weighted by Gasteiger charge is -1.73. The Morgan fingerprint density at radius 3 is 2.00 bits per heavy atom. The predicted octanol–water partition coefficient (Wildman–Crippen LogP) is 2.04. The lowest BCUT2D eigenvalue weighted by molar-refractivity contribution is 0.659. The van der Waals surface area contributed by atoms with E-state index in [0.717, 1.165) is 0 Å². The van der Waals surface area contributed by atoms with Crippen LogP contribution >= 0.6 is 42.0 Å². The number of hydrogen-bond donors (Lipinski definition) is 1. The maximum Gasteiger partial charge on any atom is 0.162 e. The van der Waals surface area contributed by atoms with E-state index in [2.05, 4.69) is 15.5 Å². The molecule has 0 amide bonds. The van der Waals surface area contributed by atoms with Crippen LogP contribution in [0.15, 0.2) is 0 Å². The summed E-state index contributed by atoms with van der Waals surface area (Å²) in [6, 6.07) is 0. The molecule has 0 aromatic heterocycles. The topological polar surface area (TPSA) is 20.2 Å². The first-order chi connectivity index (χ1) is 1.73. The monoisotopic (exact) mass is 254 g/mol. The minimum Gasteiger partial charge on any atom is -0.355 e. The minimum absolute atomic E-state index is 0.838. The summed E-state index contributed by atoms with van der Waals surface area (Å²) >= 11 is 4.76. The highest BCUT2D eigenvalue weighted by Gasteiger charge is 1.76. The van der Waals surface area contributed by atoms with E-state index < -0.39 is 4.49 Å². The average molecular weight is 255 g/mol. The number of hydrogen-bond acceptors (Lipinski definition) is 1. The number of halogens is 2. The molecule has 0 aromatic rings. The molecular weight excluding hydrogens is 254 g/mol. The molecule has 0 rings (SSSR count). The highest BCUT2D eigenvalue weighted by atomic mass is 127. The minimum atomic E-state index is -0.838. The van der Waals surface area contributed by atoms with Gasteiger partial charge in [-0.3, -0.25) is 0 Å². The standard InChI is InChI=1S/BrHIOP/c1-4(2)3/h3H. The molecule has 0 aromatic carbocycles. The van der Waals surface area contributed by atoms with Crippen molar-refractivity contribution in [3.05, 3.63) is 0 Å². The second-order valence-corrected chi connectivity index (χ2v) is 9.38. The predicted molar refractivity (Wildman–Crippen MR) is 32.1 cm³/mol. The Hall–Kier alpha value is 1.60. The summed E-state index contributed by atoms with van der Waals surface area (Å²) in [5, 5.41) is 0. The zero-order chi connectivity index (χ0) is 3.58. The van der Waals surface area contributed by atoms with Gasteiger partial charge < -0.3 is 4.89 Å². The molecule has 0 radical (unpaired) electrons. The Morgan fingerprint density at radius 1 is 2.00 bits per heavy atom. The van der Waals surface area contributed by atoms with E-state index in [-0.39, 0.29) is 0 Å². The van der Waals surface area contributed by atoms with Crippen LogP contribution in [0.3, 0.4) is 0 Å². The van der Waals surface area contributed by atoms with E-state index in [9.17, 15) is 0 Å². The van der Waals surface area contributed by atoms with Crippen LogP contribution in [0, 0.1) is 0 Å². The molecule has 0 aliphatic rings. The highest BCUT2D eigenvalue weighted by Crippen LogP contribution is 2.47. The molecule has 0 aliphatic carbocycles. The molecule has 0 saturated carbocycles. The van der Waals surface area contributed by atoms with Crippen molar-refractivity contribution in [1.82, 2.24) is 0 Å². The van der Waals surface area contributed by atoms with E-state index in [1.807, 2.05) is 22.0 Å². The fourth-order valence-electron chi connectivity index (χ4n) is 0. The third-order valence-corrected chi connectivity index (χ3v) is 0. The van der Waals surface area contributed by atoms with Crippen LogP contribution in [0.4, 0.5) is 0 Å². The van der Waals surface area contributed by atoms with Crippen molar-refractivity contribution in [2.45, 2.75) is 0 Å². The van der Waals surface area contributed by atoms with E-state index >= 15 is 0 Å². The molecule has 4 heavy (non-hydrogen) atoms. The second-order valence-electron chi connectivity index (χ2n) is 0.215. The van der Waals surface area contributed by atoms with E-state index in [1.165, 1.54) is 0 Å². The van der Waals surface area contributed by atoms with Crippen molar-refractivity contribution in [3.63, 3.8) is 0 Å². The van der Waals surface area contributed by atoms with Gasteiger partial charge in [0.25, 0.3) is 0 Å². The zero-order valence-electron chi connectivity index (χ0n) is 1.65. The first-order valence-corrected chi connectivity index (χ1v) is 6.64. The van der Waals surface area contributed by atoms with Crippen molar-refractivity contribution in [2.75, 3.05) is 0 Å². The summed E-state index contributed by atoms with van der Waals surface area (Å²) in [6.45, 7) is 0. The van der Waals surface area contributed by atoms with Crippen molar-refractivity contribution in [3.8, 4) is 0 Å². The van der Waals surface area contributed by atoms with Crippen molar-refractivity contribution >= 4 is 42.0 Å². The van der Waals surface area contributed by atoms with E-state index in [4.69, 9.17) is 4.89 Å². The normalized spacial score (nSPS) is 15.8. The molecule has 4 heteroatoms. The summed E-state index contributed by atoms with van der Waals surface area (Å²) in [5.41, 5.74) is 0. The number of rotatable bonds is 0.